The smallest absolute Gasteiger partial charge is 0.124 e. The fraction of sp³-hybridized carbons (Fsp3) is 0.0667. The van der Waals surface area contributed by atoms with Gasteiger partial charge < -0.3 is 5.11 Å². The van der Waals surface area contributed by atoms with Crippen LogP contribution >= 0.6 is 22.6 Å². The molecule has 1 atom stereocenters. The molecule has 1 aromatic heterocycles. The molecule has 0 aliphatic heterocycles. The lowest BCUT2D eigenvalue weighted by Gasteiger charge is -2.14. The van der Waals surface area contributed by atoms with Crippen LogP contribution in [0.1, 0.15) is 17.4 Å². The second-order valence-electron chi connectivity index (χ2n) is 4.33. The Kier molecular flexibility index (Phi) is 3.79. The van der Waals surface area contributed by atoms with Crippen LogP contribution in [0.5, 0.6) is 0 Å². The summed E-state index contributed by atoms with van der Waals surface area (Å²) in [6, 6.07) is 17.4. The van der Waals surface area contributed by atoms with Crippen molar-refractivity contribution in [1.82, 2.24) is 15.0 Å². The first kappa shape index (κ1) is 13.3. The van der Waals surface area contributed by atoms with Gasteiger partial charge in [-0.2, -0.15) is 0 Å². The normalized spacial score (nSPS) is 12.3. The van der Waals surface area contributed by atoms with Gasteiger partial charge in [-0.05, 0) is 46.4 Å². The molecule has 0 saturated heterocycles. The fourth-order valence-electron chi connectivity index (χ4n) is 2.06. The topological polar surface area (TPSA) is 50.9 Å². The first-order valence-electron chi connectivity index (χ1n) is 6.16. The molecule has 0 radical (unpaired) electrons. The van der Waals surface area contributed by atoms with Crippen molar-refractivity contribution >= 4 is 22.6 Å². The highest BCUT2D eigenvalue weighted by Gasteiger charge is 2.19. The Bertz CT molecular complexity index is 712. The molecule has 4 nitrogen and oxygen atoms in total. The monoisotopic (exact) mass is 377 g/mol. The molecular formula is C15H12IN3O. The second-order valence-corrected chi connectivity index (χ2v) is 5.49. The number of aliphatic hydroxyl groups is 1. The summed E-state index contributed by atoms with van der Waals surface area (Å²) in [5, 5.41) is 18.6. The molecule has 2 aromatic carbocycles. The third-order valence-corrected chi connectivity index (χ3v) is 4.04. The van der Waals surface area contributed by atoms with Gasteiger partial charge in [0.2, 0.25) is 0 Å². The molecule has 20 heavy (non-hydrogen) atoms. The van der Waals surface area contributed by atoms with Crippen LogP contribution in [0.4, 0.5) is 0 Å². The number of hydrogen-bond acceptors (Lipinski definition) is 3. The molecule has 0 amide bonds. The zero-order valence-corrected chi connectivity index (χ0v) is 12.7. The minimum atomic E-state index is -0.752. The maximum atomic E-state index is 10.6. The van der Waals surface area contributed by atoms with Crippen molar-refractivity contribution in [1.29, 1.82) is 0 Å². The third-order valence-electron chi connectivity index (χ3n) is 3.06. The molecular weight excluding hydrogens is 365 g/mol. The van der Waals surface area contributed by atoms with Crippen LogP contribution in [0.2, 0.25) is 0 Å². The highest BCUT2D eigenvalue weighted by Crippen LogP contribution is 2.26. The zero-order chi connectivity index (χ0) is 13.9. The largest absolute Gasteiger partial charge is 0.382 e. The summed E-state index contributed by atoms with van der Waals surface area (Å²) in [7, 11) is 0. The van der Waals surface area contributed by atoms with E-state index in [0.717, 1.165) is 14.8 Å². The molecule has 0 bridgehead atoms. The van der Waals surface area contributed by atoms with Gasteiger partial charge in [-0.25, -0.2) is 4.68 Å². The van der Waals surface area contributed by atoms with Crippen molar-refractivity contribution in [2.75, 3.05) is 0 Å². The van der Waals surface area contributed by atoms with Crippen molar-refractivity contribution in [2.24, 2.45) is 0 Å². The summed E-state index contributed by atoms with van der Waals surface area (Å²) in [6.45, 7) is 0. The predicted octanol–water partition coefficient (Wildman–Crippen LogP) is 2.95. The van der Waals surface area contributed by atoms with Crippen LogP contribution in [-0.2, 0) is 0 Å². The van der Waals surface area contributed by atoms with Crippen LogP contribution in [0.15, 0.2) is 60.8 Å². The van der Waals surface area contributed by atoms with Crippen LogP contribution in [0, 0.1) is 3.57 Å². The molecule has 3 rings (SSSR count). The lowest BCUT2D eigenvalue weighted by molar-refractivity contribution is 0.211. The molecule has 1 N–H and O–H groups in total. The Balaban J connectivity index is 2.04. The van der Waals surface area contributed by atoms with Crippen molar-refractivity contribution in [3.63, 3.8) is 0 Å². The summed E-state index contributed by atoms with van der Waals surface area (Å²) in [5.74, 6) is 0. The maximum absolute atomic E-state index is 10.6. The fourth-order valence-corrected chi connectivity index (χ4v) is 2.74. The second kappa shape index (κ2) is 5.72. The molecule has 0 aliphatic rings. The van der Waals surface area contributed by atoms with E-state index >= 15 is 0 Å². The van der Waals surface area contributed by atoms with E-state index in [1.54, 1.807) is 10.9 Å². The van der Waals surface area contributed by atoms with Crippen molar-refractivity contribution in [2.45, 2.75) is 6.10 Å². The summed E-state index contributed by atoms with van der Waals surface area (Å²) in [4.78, 5) is 0. The minimum absolute atomic E-state index is 0.653. The van der Waals surface area contributed by atoms with Gasteiger partial charge in [0.05, 0.1) is 17.6 Å². The molecule has 1 heterocycles. The molecule has 0 fully saturated rings. The van der Waals surface area contributed by atoms with E-state index in [4.69, 9.17) is 0 Å². The van der Waals surface area contributed by atoms with Gasteiger partial charge >= 0.3 is 0 Å². The molecule has 0 saturated carbocycles. The van der Waals surface area contributed by atoms with Gasteiger partial charge in [0, 0.05) is 3.57 Å². The van der Waals surface area contributed by atoms with Gasteiger partial charge in [0.15, 0.2) is 0 Å². The van der Waals surface area contributed by atoms with Gasteiger partial charge in [-0.3, -0.25) is 0 Å². The standard InChI is InChI=1S/C15H12IN3O/c16-13-9-5-4-8-12(13)15(20)14-10-17-18-19(14)11-6-2-1-3-7-11/h1-10,15,20H. The summed E-state index contributed by atoms with van der Waals surface area (Å²) in [5.41, 5.74) is 2.39. The lowest BCUT2D eigenvalue weighted by Crippen LogP contribution is -2.09. The Labute approximate surface area is 130 Å². The number of hydrogen-bond donors (Lipinski definition) is 1. The highest BCUT2D eigenvalue weighted by atomic mass is 127. The van der Waals surface area contributed by atoms with Crippen LogP contribution in [0.25, 0.3) is 5.69 Å². The van der Waals surface area contributed by atoms with Gasteiger partial charge in [0.25, 0.3) is 0 Å². The molecule has 5 heteroatoms. The average molecular weight is 377 g/mol. The zero-order valence-electron chi connectivity index (χ0n) is 10.5. The average Bonchev–Trinajstić information content (AvgIpc) is 2.97. The number of halogens is 1. The van der Waals surface area contributed by atoms with Crippen LogP contribution in [0.3, 0.4) is 0 Å². The number of benzene rings is 2. The Morgan fingerprint density at radius 1 is 1.00 bits per heavy atom. The third kappa shape index (κ3) is 2.46. The van der Waals surface area contributed by atoms with Gasteiger partial charge in [-0.1, -0.05) is 41.6 Å². The van der Waals surface area contributed by atoms with E-state index in [1.165, 1.54) is 0 Å². The van der Waals surface area contributed by atoms with Crippen molar-refractivity contribution < 1.29 is 5.11 Å². The van der Waals surface area contributed by atoms with Gasteiger partial charge in [0.1, 0.15) is 6.10 Å². The van der Waals surface area contributed by atoms with Crippen LogP contribution < -0.4 is 0 Å². The van der Waals surface area contributed by atoms with E-state index in [-0.39, 0.29) is 0 Å². The molecule has 100 valence electrons. The SMILES string of the molecule is OC(c1ccccc1I)c1cnnn1-c1ccccc1. The molecule has 3 aromatic rings. The Hall–Kier alpha value is -1.73. The van der Waals surface area contributed by atoms with E-state index in [1.807, 2.05) is 54.6 Å². The molecule has 0 spiro atoms. The molecule has 1 unspecified atom stereocenters. The first-order valence-corrected chi connectivity index (χ1v) is 7.24. The summed E-state index contributed by atoms with van der Waals surface area (Å²) >= 11 is 2.22. The first-order chi connectivity index (χ1) is 9.77. The van der Waals surface area contributed by atoms with Crippen molar-refractivity contribution in [3.8, 4) is 5.69 Å². The van der Waals surface area contributed by atoms with E-state index < -0.39 is 6.10 Å². The Morgan fingerprint density at radius 3 is 2.45 bits per heavy atom. The number of para-hydroxylation sites is 1. The Morgan fingerprint density at radius 2 is 1.70 bits per heavy atom. The van der Waals surface area contributed by atoms with Crippen molar-refractivity contribution in [3.05, 3.63) is 75.6 Å². The van der Waals surface area contributed by atoms with E-state index in [2.05, 4.69) is 32.9 Å². The van der Waals surface area contributed by atoms with E-state index in [9.17, 15) is 5.11 Å². The maximum Gasteiger partial charge on any atom is 0.124 e. The van der Waals surface area contributed by atoms with Crippen LogP contribution in [-0.4, -0.2) is 20.1 Å². The molecule has 0 aliphatic carbocycles. The predicted molar refractivity (Wildman–Crippen MR) is 84.6 cm³/mol. The quantitative estimate of drug-likeness (QED) is 0.715. The van der Waals surface area contributed by atoms with E-state index in [0.29, 0.717) is 5.69 Å². The lowest BCUT2D eigenvalue weighted by atomic mass is 10.1. The summed E-state index contributed by atoms with van der Waals surface area (Å²) < 4.78 is 2.67. The van der Waals surface area contributed by atoms with Gasteiger partial charge in [-0.15, -0.1) is 5.10 Å². The summed E-state index contributed by atoms with van der Waals surface area (Å²) in [6.07, 6.45) is 0.846. The highest BCUT2D eigenvalue weighted by molar-refractivity contribution is 14.1. The minimum Gasteiger partial charge on any atom is -0.382 e. The number of aromatic nitrogens is 3. The number of rotatable bonds is 3. The number of aliphatic hydroxyl groups excluding tert-OH is 1. The number of nitrogens with zero attached hydrogens (tertiary/aromatic N) is 3.